The van der Waals surface area contributed by atoms with E-state index >= 15 is 0 Å². The second-order valence-electron chi connectivity index (χ2n) is 4.52. The first-order chi connectivity index (χ1) is 9.65. The minimum absolute atomic E-state index is 0.0840. The normalized spacial score (nSPS) is 15.1. The fraction of sp³-hybridized carbons (Fsp3) is 0.176. The molecule has 0 fully saturated rings. The summed E-state index contributed by atoms with van der Waals surface area (Å²) in [5, 5.41) is 0. The van der Waals surface area contributed by atoms with Gasteiger partial charge in [-0.2, -0.15) is 0 Å². The van der Waals surface area contributed by atoms with Crippen LogP contribution in [0.1, 0.15) is 12.5 Å². The molecule has 1 aromatic rings. The van der Waals surface area contributed by atoms with Crippen molar-refractivity contribution in [1.82, 2.24) is 0 Å². The maximum Gasteiger partial charge on any atom is 0.338 e. The van der Waals surface area contributed by atoms with Gasteiger partial charge in [-0.05, 0) is 12.5 Å². The van der Waals surface area contributed by atoms with Crippen molar-refractivity contribution >= 4 is 17.3 Å². The first-order valence-electron chi connectivity index (χ1n) is 6.39. The Morgan fingerprint density at radius 1 is 1.05 bits per heavy atom. The van der Waals surface area contributed by atoms with Crippen LogP contribution in [0.5, 0.6) is 0 Å². The molecule has 2 rings (SSSR count). The average Bonchev–Trinajstić information content (AvgIpc) is 3.01. The summed E-state index contributed by atoms with van der Waals surface area (Å²) in [5.41, 5.74) is 1.44. The second-order valence-corrected chi connectivity index (χ2v) is 4.52. The smallest absolute Gasteiger partial charge is 0.338 e. The summed E-state index contributed by atoms with van der Waals surface area (Å²) in [7, 11) is 1.32. The number of carbonyl (C=O) groups excluding carboxylic acids is 2. The lowest BCUT2D eigenvalue weighted by molar-refractivity contribution is -0.134. The molecule has 102 valence electrons. The van der Waals surface area contributed by atoms with Gasteiger partial charge in [-0.1, -0.05) is 54.6 Å². The Balaban J connectivity index is 2.46. The molecular formula is C17H16O3. The van der Waals surface area contributed by atoms with E-state index in [1.165, 1.54) is 7.11 Å². The molecule has 0 radical (unpaired) electrons. The molecule has 0 aromatic heterocycles. The molecule has 20 heavy (non-hydrogen) atoms. The summed E-state index contributed by atoms with van der Waals surface area (Å²) in [6.07, 6.45) is 7.28. The molecule has 3 heteroatoms. The van der Waals surface area contributed by atoms with Crippen LogP contribution in [0.3, 0.4) is 0 Å². The van der Waals surface area contributed by atoms with E-state index in [9.17, 15) is 9.59 Å². The van der Waals surface area contributed by atoms with Crippen LogP contribution in [0, 0.1) is 5.92 Å². The van der Waals surface area contributed by atoms with Crippen LogP contribution in [-0.2, 0) is 14.3 Å². The van der Waals surface area contributed by atoms with Crippen molar-refractivity contribution in [3.8, 4) is 0 Å². The molecule has 0 spiro atoms. The van der Waals surface area contributed by atoms with Crippen molar-refractivity contribution in [3.05, 3.63) is 65.8 Å². The Labute approximate surface area is 118 Å². The highest BCUT2D eigenvalue weighted by Gasteiger charge is 2.23. The van der Waals surface area contributed by atoms with Gasteiger partial charge in [0.25, 0.3) is 0 Å². The molecule has 1 aliphatic carbocycles. The zero-order valence-corrected chi connectivity index (χ0v) is 11.5. The summed E-state index contributed by atoms with van der Waals surface area (Å²) in [6, 6.07) is 9.10. The van der Waals surface area contributed by atoms with E-state index in [0.717, 1.165) is 0 Å². The van der Waals surface area contributed by atoms with Crippen molar-refractivity contribution in [2.24, 2.45) is 5.92 Å². The van der Waals surface area contributed by atoms with Crippen LogP contribution in [0.25, 0.3) is 5.57 Å². The quantitative estimate of drug-likeness (QED) is 0.623. The molecule has 0 saturated heterocycles. The lowest BCUT2D eigenvalue weighted by Gasteiger charge is -2.12. The number of esters is 1. The molecule has 3 nitrogen and oxygen atoms in total. The molecule has 0 saturated carbocycles. The molecule has 0 heterocycles. The van der Waals surface area contributed by atoms with Crippen LogP contribution in [0.15, 0.2) is 60.2 Å². The van der Waals surface area contributed by atoms with Gasteiger partial charge in [-0.15, -0.1) is 0 Å². The van der Waals surface area contributed by atoms with Crippen LogP contribution < -0.4 is 0 Å². The van der Waals surface area contributed by atoms with Gasteiger partial charge >= 0.3 is 5.97 Å². The minimum Gasteiger partial charge on any atom is -0.465 e. The van der Waals surface area contributed by atoms with Crippen molar-refractivity contribution in [1.29, 1.82) is 0 Å². The van der Waals surface area contributed by atoms with Crippen LogP contribution in [0.4, 0.5) is 0 Å². The number of carbonyl (C=O) groups is 2. The number of hydrogen-bond donors (Lipinski definition) is 0. The zero-order chi connectivity index (χ0) is 14.5. The van der Waals surface area contributed by atoms with E-state index in [2.05, 4.69) is 0 Å². The standard InChI is InChI=1S/C17H16O3/c1-12(16(18)14-10-6-7-11-14)15(17(19)20-2)13-8-4-3-5-9-13/h3-11,14H,1-2H3/b15-12-. The molecular weight excluding hydrogens is 252 g/mol. The third kappa shape index (κ3) is 2.77. The van der Waals surface area contributed by atoms with Crippen LogP contribution in [-0.4, -0.2) is 18.9 Å². The Bertz CT molecular complexity index is 594. The molecule has 0 amide bonds. The highest BCUT2D eigenvalue weighted by molar-refractivity contribution is 6.24. The molecule has 0 atom stereocenters. The molecule has 1 aliphatic rings. The fourth-order valence-electron chi connectivity index (χ4n) is 2.17. The van der Waals surface area contributed by atoms with Gasteiger partial charge in [0, 0.05) is 5.57 Å². The highest BCUT2D eigenvalue weighted by atomic mass is 16.5. The summed E-state index contributed by atoms with van der Waals surface area (Å²) < 4.78 is 4.82. The monoisotopic (exact) mass is 268 g/mol. The Morgan fingerprint density at radius 2 is 1.65 bits per heavy atom. The van der Waals surface area contributed by atoms with Crippen LogP contribution in [0.2, 0.25) is 0 Å². The number of hydrogen-bond acceptors (Lipinski definition) is 3. The molecule has 0 bridgehead atoms. The zero-order valence-electron chi connectivity index (χ0n) is 11.5. The van der Waals surface area contributed by atoms with E-state index in [1.807, 2.05) is 42.5 Å². The largest absolute Gasteiger partial charge is 0.465 e. The number of Topliss-reactive ketones (excluding diaryl/α,β-unsaturated/α-hetero) is 1. The lowest BCUT2D eigenvalue weighted by Crippen LogP contribution is -2.15. The molecule has 0 N–H and O–H groups in total. The number of allylic oxidation sites excluding steroid dienone is 5. The number of ether oxygens (including phenoxy) is 1. The third-order valence-electron chi connectivity index (χ3n) is 3.25. The average molecular weight is 268 g/mol. The minimum atomic E-state index is -0.493. The van der Waals surface area contributed by atoms with E-state index < -0.39 is 5.97 Å². The topological polar surface area (TPSA) is 43.4 Å². The SMILES string of the molecule is COC(=O)/C(=C(/C)C(=O)C1C=CC=C1)c1ccccc1. The highest BCUT2D eigenvalue weighted by Crippen LogP contribution is 2.24. The predicted octanol–water partition coefficient (Wildman–Crippen LogP) is 2.94. The maximum absolute atomic E-state index is 12.4. The van der Waals surface area contributed by atoms with E-state index in [0.29, 0.717) is 16.7 Å². The summed E-state index contributed by atoms with van der Waals surface area (Å²) >= 11 is 0. The maximum atomic E-state index is 12.4. The van der Waals surface area contributed by atoms with Crippen molar-refractivity contribution in [3.63, 3.8) is 0 Å². The van der Waals surface area contributed by atoms with Crippen molar-refractivity contribution in [2.75, 3.05) is 7.11 Å². The number of benzene rings is 1. The number of rotatable bonds is 4. The van der Waals surface area contributed by atoms with Gasteiger partial charge in [0.15, 0.2) is 5.78 Å². The van der Waals surface area contributed by atoms with E-state index in [4.69, 9.17) is 4.74 Å². The van der Waals surface area contributed by atoms with Gasteiger partial charge in [0.1, 0.15) is 0 Å². The molecule has 1 aromatic carbocycles. The molecule has 0 unspecified atom stereocenters. The van der Waals surface area contributed by atoms with Gasteiger partial charge in [-0.25, -0.2) is 4.79 Å². The summed E-state index contributed by atoms with van der Waals surface area (Å²) in [5.74, 6) is -0.870. The Hall–Kier alpha value is -2.42. The lowest BCUT2D eigenvalue weighted by atomic mass is 9.92. The van der Waals surface area contributed by atoms with Gasteiger partial charge in [0.05, 0.1) is 18.6 Å². The number of methoxy groups -OCH3 is 1. The fourth-order valence-corrected chi connectivity index (χ4v) is 2.17. The van der Waals surface area contributed by atoms with E-state index in [1.54, 1.807) is 19.1 Å². The van der Waals surface area contributed by atoms with Crippen LogP contribution >= 0.6 is 0 Å². The molecule has 0 aliphatic heterocycles. The summed E-state index contributed by atoms with van der Waals surface area (Å²) in [6.45, 7) is 1.67. The van der Waals surface area contributed by atoms with Gasteiger partial charge in [-0.3, -0.25) is 4.79 Å². The Morgan fingerprint density at radius 3 is 2.20 bits per heavy atom. The second kappa shape index (κ2) is 6.15. The van der Waals surface area contributed by atoms with Gasteiger partial charge in [0.2, 0.25) is 0 Å². The predicted molar refractivity (Wildman–Crippen MR) is 77.8 cm³/mol. The first kappa shape index (κ1) is 14.0. The Kier molecular flexibility index (Phi) is 4.31. The van der Waals surface area contributed by atoms with Gasteiger partial charge < -0.3 is 4.74 Å². The third-order valence-corrected chi connectivity index (χ3v) is 3.25. The van der Waals surface area contributed by atoms with Crippen molar-refractivity contribution < 1.29 is 14.3 Å². The van der Waals surface area contributed by atoms with Crippen molar-refractivity contribution in [2.45, 2.75) is 6.92 Å². The first-order valence-corrected chi connectivity index (χ1v) is 6.39. The number of ketones is 1. The van der Waals surface area contributed by atoms with E-state index in [-0.39, 0.29) is 11.7 Å². The summed E-state index contributed by atoms with van der Waals surface area (Å²) in [4.78, 5) is 24.4.